The number of hydrogen-bond acceptors (Lipinski definition) is 7. The van der Waals surface area contributed by atoms with Crippen LogP contribution in [-0.4, -0.2) is 43.5 Å². The van der Waals surface area contributed by atoms with E-state index in [1.165, 1.54) is 56.7 Å². The molecule has 0 aliphatic rings. The molecule has 0 bridgehead atoms. The topological polar surface area (TPSA) is 131 Å². The van der Waals surface area contributed by atoms with E-state index in [9.17, 15) is 21.6 Å². The molecule has 0 aromatic heterocycles. The van der Waals surface area contributed by atoms with Gasteiger partial charge in [0.2, 0.25) is 5.91 Å². The van der Waals surface area contributed by atoms with Crippen LogP contribution >= 0.6 is 0 Å². The molecule has 0 saturated carbocycles. The minimum absolute atomic E-state index is 0.0541. The summed E-state index contributed by atoms with van der Waals surface area (Å²) in [6.45, 7) is 1.41. The third-order valence-electron chi connectivity index (χ3n) is 6.36. The van der Waals surface area contributed by atoms with Gasteiger partial charge in [-0.25, -0.2) is 16.8 Å². The van der Waals surface area contributed by atoms with Crippen LogP contribution in [0.2, 0.25) is 0 Å². The maximum Gasteiger partial charge on any atom is 0.264 e. The molecule has 0 atom stereocenters. The van der Waals surface area contributed by atoms with Crippen molar-refractivity contribution in [1.29, 1.82) is 0 Å². The first kappa shape index (κ1) is 30.4. The van der Waals surface area contributed by atoms with E-state index >= 15 is 0 Å². The van der Waals surface area contributed by atoms with E-state index in [0.29, 0.717) is 29.3 Å². The minimum Gasteiger partial charge on any atom is -0.497 e. The van der Waals surface area contributed by atoms with E-state index in [1.807, 2.05) is 19.1 Å². The van der Waals surface area contributed by atoms with Crippen LogP contribution in [0, 0.1) is 0 Å². The molecule has 2 N–H and O–H groups in total. The van der Waals surface area contributed by atoms with Crippen LogP contribution in [0.15, 0.2) is 107 Å². The van der Waals surface area contributed by atoms with Gasteiger partial charge in [-0.1, -0.05) is 43.3 Å². The Balaban J connectivity index is 1.55. The molecule has 1 amide bonds. The van der Waals surface area contributed by atoms with Crippen LogP contribution in [0.1, 0.15) is 12.5 Å². The van der Waals surface area contributed by atoms with Crippen molar-refractivity contribution in [3.8, 4) is 11.5 Å². The molecule has 4 aromatic carbocycles. The van der Waals surface area contributed by atoms with Crippen molar-refractivity contribution in [2.75, 3.05) is 35.1 Å². The van der Waals surface area contributed by atoms with Gasteiger partial charge in [0.1, 0.15) is 18.0 Å². The number of benzene rings is 4. The van der Waals surface area contributed by atoms with Gasteiger partial charge >= 0.3 is 0 Å². The van der Waals surface area contributed by atoms with Gasteiger partial charge in [0, 0.05) is 11.8 Å². The maximum atomic E-state index is 13.6. The Kier molecular flexibility index (Phi) is 9.38. The fraction of sp³-hybridized carbons (Fsp3) is 0.167. The lowest BCUT2D eigenvalue weighted by atomic mass is 10.1. The lowest BCUT2D eigenvalue weighted by molar-refractivity contribution is -0.114. The summed E-state index contributed by atoms with van der Waals surface area (Å²) in [5.74, 6) is 0.148. The molecule has 10 nitrogen and oxygen atoms in total. The maximum absolute atomic E-state index is 13.6. The minimum atomic E-state index is -4.08. The number of ether oxygens (including phenoxy) is 2. The second kappa shape index (κ2) is 13.0. The van der Waals surface area contributed by atoms with Gasteiger partial charge in [0.15, 0.2) is 0 Å². The van der Waals surface area contributed by atoms with Crippen molar-refractivity contribution < 1.29 is 31.1 Å². The molecule has 0 radical (unpaired) electrons. The Morgan fingerprint density at radius 3 is 2.10 bits per heavy atom. The number of carbonyl (C=O) groups excluding carboxylic acids is 1. The first-order chi connectivity index (χ1) is 20.1. The second-order valence-corrected chi connectivity index (χ2v) is 12.6. The fourth-order valence-electron chi connectivity index (χ4n) is 4.22. The number of anilines is 3. The fourth-order valence-corrected chi connectivity index (χ4v) is 6.76. The van der Waals surface area contributed by atoms with Crippen molar-refractivity contribution in [2.45, 2.75) is 23.1 Å². The second-order valence-electron chi connectivity index (χ2n) is 9.05. The standard InChI is InChI=1S/C30H31N3O7S2/c1-4-22-10-8-9-13-28(22)33(42(37,38)26-11-6-5-7-12-26)21-30(34)31-23-14-17-25(18-15-23)41(35,36)32-27-20-24(39-2)16-19-29(27)40-3/h5-20,32H,4,21H2,1-3H3,(H,31,34). The number of para-hydroxylation sites is 1. The Hall–Kier alpha value is -4.55. The third-order valence-corrected chi connectivity index (χ3v) is 9.51. The molecule has 0 spiro atoms. The zero-order chi connectivity index (χ0) is 30.3. The highest BCUT2D eigenvalue weighted by molar-refractivity contribution is 7.93. The lowest BCUT2D eigenvalue weighted by Crippen LogP contribution is -2.38. The molecule has 12 heteroatoms. The summed E-state index contributed by atoms with van der Waals surface area (Å²) in [6, 6.07) is 25.1. The summed E-state index contributed by atoms with van der Waals surface area (Å²) in [5, 5.41) is 2.67. The Morgan fingerprint density at radius 2 is 1.45 bits per heavy atom. The lowest BCUT2D eigenvalue weighted by Gasteiger charge is -2.26. The van der Waals surface area contributed by atoms with E-state index in [0.717, 1.165) is 9.87 Å². The number of nitrogens with zero attached hydrogens (tertiary/aromatic N) is 1. The summed E-state index contributed by atoms with van der Waals surface area (Å²) in [6.07, 6.45) is 0.560. The average Bonchev–Trinajstić information content (AvgIpc) is 3.00. The molecular weight excluding hydrogens is 578 g/mol. The van der Waals surface area contributed by atoms with Crippen LogP contribution in [0.4, 0.5) is 17.1 Å². The van der Waals surface area contributed by atoms with E-state index in [-0.39, 0.29) is 15.5 Å². The van der Waals surface area contributed by atoms with Gasteiger partial charge in [-0.3, -0.25) is 13.8 Å². The zero-order valence-electron chi connectivity index (χ0n) is 23.3. The van der Waals surface area contributed by atoms with Crippen molar-refractivity contribution in [3.63, 3.8) is 0 Å². The summed E-state index contributed by atoms with van der Waals surface area (Å²) in [7, 11) is -5.20. The van der Waals surface area contributed by atoms with Gasteiger partial charge in [0.05, 0.1) is 35.4 Å². The van der Waals surface area contributed by atoms with Gasteiger partial charge in [-0.2, -0.15) is 0 Å². The Bertz CT molecular complexity index is 1760. The number of carbonyl (C=O) groups is 1. The number of rotatable bonds is 12. The molecule has 0 unspecified atom stereocenters. The van der Waals surface area contributed by atoms with E-state index in [2.05, 4.69) is 10.0 Å². The molecule has 4 rings (SSSR count). The summed E-state index contributed by atoms with van der Waals surface area (Å²) in [5.41, 5.74) is 1.65. The van der Waals surface area contributed by atoms with Crippen LogP contribution in [0.25, 0.3) is 0 Å². The number of hydrogen-bond donors (Lipinski definition) is 2. The first-order valence-electron chi connectivity index (χ1n) is 12.9. The van der Waals surface area contributed by atoms with Crippen LogP contribution in [-0.2, 0) is 31.3 Å². The van der Waals surface area contributed by atoms with Gasteiger partial charge in [-0.15, -0.1) is 0 Å². The molecule has 0 saturated heterocycles. The molecule has 4 aromatic rings. The first-order valence-corrected chi connectivity index (χ1v) is 15.8. The predicted molar refractivity (Wildman–Crippen MR) is 162 cm³/mol. The average molecular weight is 610 g/mol. The highest BCUT2D eigenvalue weighted by atomic mass is 32.2. The highest BCUT2D eigenvalue weighted by Crippen LogP contribution is 2.31. The molecule has 0 heterocycles. The van der Waals surface area contributed by atoms with Crippen molar-refractivity contribution in [2.24, 2.45) is 0 Å². The van der Waals surface area contributed by atoms with Gasteiger partial charge in [-0.05, 0) is 66.6 Å². The van der Waals surface area contributed by atoms with Crippen LogP contribution in [0.5, 0.6) is 11.5 Å². The molecule has 0 fully saturated rings. The van der Waals surface area contributed by atoms with Crippen LogP contribution in [0.3, 0.4) is 0 Å². The quantitative estimate of drug-likeness (QED) is 0.234. The van der Waals surface area contributed by atoms with E-state index in [1.54, 1.807) is 42.5 Å². The highest BCUT2D eigenvalue weighted by Gasteiger charge is 2.28. The SMILES string of the molecule is CCc1ccccc1N(CC(=O)Nc1ccc(S(=O)(=O)Nc2cc(OC)ccc2OC)cc1)S(=O)(=O)c1ccccc1. The van der Waals surface area contributed by atoms with Gasteiger partial charge < -0.3 is 14.8 Å². The Labute approximate surface area is 246 Å². The molecule has 0 aliphatic heterocycles. The summed E-state index contributed by atoms with van der Waals surface area (Å²) < 4.78 is 67.3. The number of sulfonamides is 2. The normalized spacial score (nSPS) is 11.4. The van der Waals surface area contributed by atoms with Crippen molar-refractivity contribution in [1.82, 2.24) is 0 Å². The number of amides is 1. The number of aryl methyl sites for hydroxylation is 1. The van der Waals surface area contributed by atoms with Crippen molar-refractivity contribution in [3.05, 3.63) is 103 Å². The van der Waals surface area contributed by atoms with Crippen molar-refractivity contribution >= 4 is 43.0 Å². The summed E-state index contributed by atoms with van der Waals surface area (Å²) >= 11 is 0. The largest absolute Gasteiger partial charge is 0.497 e. The van der Waals surface area contributed by atoms with Crippen LogP contribution < -0.4 is 23.8 Å². The number of methoxy groups -OCH3 is 2. The van der Waals surface area contributed by atoms with E-state index < -0.39 is 32.5 Å². The van der Waals surface area contributed by atoms with E-state index in [4.69, 9.17) is 9.47 Å². The monoisotopic (exact) mass is 609 g/mol. The predicted octanol–water partition coefficient (Wildman–Crippen LogP) is 4.90. The molecule has 220 valence electrons. The smallest absolute Gasteiger partial charge is 0.264 e. The zero-order valence-corrected chi connectivity index (χ0v) is 24.9. The molecular formula is C30H31N3O7S2. The number of nitrogens with one attached hydrogen (secondary N) is 2. The molecule has 0 aliphatic carbocycles. The van der Waals surface area contributed by atoms with Gasteiger partial charge in [0.25, 0.3) is 20.0 Å². The Morgan fingerprint density at radius 1 is 0.786 bits per heavy atom. The summed E-state index contributed by atoms with van der Waals surface area (Å²) in [4.78, 5) is 13.1. The third kappa shape index (κ3) is 6.84. The molecule has 42 heavy (non-hydrogen) atoms.